The summed E-state index contributed by atoms with van der Waals surface area (Å²) in [7, 11) is 0. The van der Waals surface area contributed by atoms with Crippen molar-refractivity contribution in [1.29, 1.82) is 0 Å². The van der Waals surface area contributed by atoms with Crippen molar-refractivity contribution in [3.05, 3.63) is 96.1 Å². The van der Waals surface area contributed by atoms with Gasteiger partial charge in [-0.05, 0) is 35.4 Å². The Morgan fingerprint density at radius 1 is 0.667 bits per heavy atom. The zero-order valence-electron chi connectivity index (χ0n) is 13.4. The SMILES string of the molecule is O=C(Cc1ccccc1)Nc1ccc(NCc2ccccc2)cc1. The molecule has 3 aromatic carbocycles. The fraction of sp³-hybridized carbons (Fsp3) is 0.0952. The van der Waals surface area contributed by atoms with E-state index in [1.807, 2.05) is 72.8 Å². The lowest BCUT2D eigenvalue weighted by Crippen LogP contribution is -2.14. The first-order valence-corrected chi connectivity index (χ1v) is 8.01. The Morgan fingerprint density at radius 2 is 1.21 bits per heavy atom. The van der Waals surface area contributed by atoms with E-state index in [9.17, 15) is 4.79 Å². The summed E-state index contributed by atoms with van der Waals surface area (Å²) in [6.07, 6.45) is 0.384. The van der Waals surface area contributed by atoms with Crippen molar-refractivity contribution in [2.75, 3.05) is 10.6 Å². The van der Waals surface area contributed by atoms with Crippen molar-refractivity contribution in [3.8, 4) is 0 Å². The van der Waals surface area contributed by atoms with Crippen molar-refractivity contribution in [1.82, 2.24) is 0 Å². The van der Waals surface area contributed by atoms with E-state index >= 15 is 0 Å². The Hall–Kier alpha value is -3.07. The van der Waals surface area contributed by atoms with Crippen LogP contribution >= 0.6 is 0 Å². The molecule has 0 heterocycles. The first kappa shape index (κ1) is 15.8. The smallest absolute Gasteiger partial charge is 0.228 e. The van der Waals surface area contributed by atoms with Gasteiger partial charge < -0.3 is 10.6 Å². The maximum Gasteiger partial charge on any atom is 0.228 e. The van der Waals surface area contributed by atoms with E-state index < -0.39 is 0 Å². The minimum absolute atomic E-state index is 0.00815. The van der Waals surface area contributed by atoms with E-state index in [0.29, 0.717) is 6.42 Å². The Bertz CT molecular complexity index is 768. The molecule has 0 radical (unpaired) electrons. The van der Waals surface area contributed by atoms with Crippen LogP contribution in [-0.4, -0.2) is 5.91 Å². The molecule has 3 aromatic rings. The lowest BCUT2D eigenvalue weighted by Gasteiger charge is -2.09. The van der Waals surface area contributed by atoms with Crippen LogP contribution in [-0.2, 0) is 17.8 Å². The summed E-state index contributed by atoms with van der Waals surface area (Å²) in [4.78, 5) is 12.1. The Labute approximate surface area is 142 Å². The van der Waals surface area contributed by atoms with Crippen molar-refractivity contribution in [2.45, 2.75) is 13.0 Å². The Morgan fingerprint density at radius 3 is 1.83 bits per heavy atom. The molecule has 0 saturated heterocycles. The molecule has 2 N–H and O–H groups in total. The molecular weight excluding hydrogens is 296 g/mol. The molecule has 0 aromatic heterocycles. The number of hydrogen-bond acceptors (Lipinski definition) is 2. The maximum absolute atomic E-state index is 12.1. The van der Waals surface area contributed by atoms with Gasteiger partial charge >= 0.3 is 0 Å². The summed E-state index contributed by atoms with van der Waals surface area (Å²) in [6, 6.07) is 27.8. The van der Waals surface area contributed by atoms with Crippen molar-refractivity contribution < 1.29 is 4.79 Å². The zero-order chi connectivity index (χ0) is 16.6. The number of benzene rings is 3. The van der Waals surface area contributed by atoms with Crippen molar-refractivity contribution in [3.63, 3.8) is 0 Å². The number of amides is 1. The molecule has 0 spiro atoms. The fourth-order valence-electron chi connectivity index (χ4n) is 2.46. The summed E-state index contributed by atoms with van der Waals surface area (Å²) in [6.45, 7) is 0.778. The van der Waals surface area contributed by atoms with Crippen molar-refractivity contribution >= 4 is 17.3 Å². The summed E-state index contributed by atoms with van der Waals surface area (Å²) >= 11 is 0. The van der Waals surface area contributed by atoms with E-state index in [0.717, 1.165) is 23.5 Å². The summed E-state index contributed by atoms with van der Waals surface area (Å²) in [5.74, 6) is -0.00815. The molecule has 0 bridgehead atoms. The summed E-state index contributed by atoms with van der Waals surface area (Å²) in [5.41, 5.74) is 4.08. The molecule has 0 aliphatic carbocycles. The van der Waals surface area contributed by atoms with Gasteiger partial charge in [0.25, 0.3) is 0 Å². The number of nitrogens with one attached hydrogen (secondary N) is 2. The van der Waals surface area contributed by atoms with Crippen molar-refractivity contribution in [2.24, 2.45) is 0 Å². The maximum atomic E-state index is 12.1. The van der Waals surface area contributed by atoms with Gasteiger partial charge in [0.05, 0.1) is 6.42 Å². The van der Waals surface area contributed by atoms with E-state index in [1.165, 1.54) is 5.56 Å². The second-order valence-electron chi connectivity index (χ2n) is 5.63. The van der Waals surface area contributed by atoms with Gasteiger partial charge in [0.2, 0.25) is 5.91 Å². The lowest BCUT2D eigenvalue weighted by atomic mass is 10.1. The largest absolute Gasteiger partial charge is 0.381 e. The molecule has 3 heteroatoms. The minimum atomic E-state index is -0.00815. The molecule has 0 fully saturated rings. The van der Waals surface area contributed by atoms with E-state index in [-0.39, 0.29) is 5.91 Å². The average molecular weight is 316 g/mol. The van der Waals surface area contributed by atoms with Crippen LogP contribution in [0, 0.1) is 0 Å². The van der Waals surface area contributed by atoms with Crippen LogP contribution in [0.2, 0.25) is 0 Å². The van der Waals surface area contributed by atoms with Gasteiger partial charge in [-0.25, -0.2) is 0 Å². The highest BCUT2D eigenvalue weighted by molar-refractivity contribution is 5.92. The molecule has 0 aliphatic rings. The normalized spacial score (nSPS) is 10.2. The monoisotopic (exact) mass is 316 g/mol. The zero-order valence-corrected chi connectivity index (χ0v) is 13.4. The van der Waals surface area contributed by atoms with Gasteiger partial charge in [-0.1, -0.05) is 60.7 Å². The van der Waals surface area contributed by atoms with Gasteiger partial charge in [-0.15, -0.1) is 0 Å². The quantitative estimate of drug-likeness (QED) is 0.704. The molecule has 0 aliphatic heterocycles. The highest BCUT2D eigenvalue weighted by atomic mass is 16.1. The fourth-order valence-corrected chi connectivity index (χ4v) is 2.46. The predicted octanol–water partition coefficient (Wildman–Crippen LogP) is 4.48. The van der Waals surface area contributed by atoms with Crippen LogP contribution in [0.4, 0.5) is 11.4 Å². The third-order valence-corrected chi connectivity index (χ3v) is 3.72. The van der Waals surface area contributed by atoms with Crippen LogP contribution in [0.5, 0.6) is 0 Å². The number of carbonyl (C=O) groups is 1. The summed E-state index contributed by atoms with van der Waals surface area (Å²) in [5, 5.41) is 6.29. The van der Waals surface area contributed by atoms with Gasteiger partial charge in [-0.2, -0.15) is 0 Å². The standard InChI is InChI=1S/C21H20N2O/c24-21(15-17-7-3-1-4-8-17)23-20-13-11-19(12-14-20)22-16-18-9-5-2-6-10-18/h1-14,22H,15-16H2,(H,23,24). The van der Waals surface area contributed by atoms with Gasteiger partial charge in [0.15, 0.2) is 0 Å². The second kappa shape index (κ2) is 7.97. The van der Waals surface area contributed by atoms with Gasteiger partial charge in [-0.3, -0.25) is 4.79 Å². The molecule has 3 nitrogen and oxygen atoms in total. The second-order valence-corrected chi connectivity index (χ2v) is 5.63. The third-order valence-electron chi connectivity index (χ3n) is 3.72. The van der Waals surface area contributed by atoms with Crippen LogP contribution in [0.15, 0.2) is 84.9 Å². The molecule has 3 rings (SSSR count). The minimum Gasteiger partial charge on any atom is -0.381 e. The Kier molecular flexibility index (Phi) is 5.25. The number of anilines is 2. The highest BCUT2D eigenvalue weighted by Crippen LogP contribution is 2.15. The molecule has 24 heavy (non-hydrogen) atoms. The highest BCUT2D eigenvalue weighted by Gasteiger charge is 2.03. The summed E-state index contributed by atoms with van der Waals surface area (Å²) < 4.78 is 0. The van der Waals surface area contributed by atoms with E-state index in [4.69, 9.17) is 0 Å². The number of carbonyl (C=O) groups excluding carboxylic acids is 1. The number of rotatable bonds is 6. The van der Waals surface area contributed by atoms with Crippen LogP contribution in [0.1, 0.15) is 11.1 Å². The molecule has 0 atom stereocenters. The molecule has 0 saturated carbocycles. The topological polar surface area (TPSA) is 41.1 Å². The van der Waals surface area contributed by atoms with Gasteiger partial charge in [0, 0.05) is 17.9 Å². The van der Waals surface area contributed by atoms with Crippen LogP contribution in [0.25, 0.3) is 0 Å². The average Bonchev–Trinajstić information content (AvgIpc) is 2.63. The van der Waals surface area contributed by atoms with Gasteiger partial charge in [0.1, 0.15) is 0 Å². The Balaban J connectivity index is 1.51. The first-order valence-electron chi connectivity index (χ1n) is 8.01. The van der Waals surface area contributed by atoms with Crippen LogP contribution < -0.4 is 10.6 Å². The molecule has 0 unspecified atom stereocenters. The molecular formula is C21H20N2O. The van der Waals surface area contributed by atoms with E-state index in [2.05, 4.69) is 22.8 Å². The number of hydrogen-bond donors (Lipinski definition) is 2. The van der Waals surface area contributed by atoms with E-state index in [1.54, 1.807) is 0 Å². The molecule has 120 valence electrons. The van der Waals surface area contributed by atoms with Crippen LogP contribution in [0.3, 0.4) is 0 Å². The molecule has 1 amide bonds. The lowest BCUT2D eigenvalue weighted by molar-refractivity contribution is -0.115. The third kappa shape index (κ3) is 4.71. The predicted molar refractivity (Wildman–Crippen MR) is 99.0 cm³/mol. The first-order chi connectivity index (χ1) is 11.8.